The maximum Gasteiger partial charge on any atom is 0.408 e. The standard InChI is InChI=1S/C26H35N5O4/c1-26(2,3)35-25(34)29-21(14-17-8-5-4-6-9-17)24(33)31-13-7-10-22(31)23(32)28-19-11-12-20-18(15-19)16-27-30-20/h4-6,8-9,16,19,21-22H,7,10-15H2,1-3H3,(H,27,30)(H,28,32)(H,29,34)/t19?,21-,22+/m1/s1. The number of alkyl carbamates (subject to hydrolysis) is 1. The highest BCUT2D eigenvalue weighted by molar-refractivity contribution is 5.92. The summed E-state index contributed by atoms with van der Waals surface area (Å²) in [7, 11) is 0. The van der Waals surface area contributed by atoms with Gasteiger partial charge >= 0.3 is 6.09 Å². The first-order chi connectivity index (χ1) is 16.7. The van der Waals surface area contributed by atoms with Crippen LogP contribution in [-0.2, 0) is 33.6 Å². The van der Waals surface area contributed by atoms with Gasteiger partial charge in [-0.25, -0.2) is 4.79 Å². The molecule has 2 aliphatic rings. The van der Waals surface area contributed by atoms with E-state index in [-0.39, 0.29) is 17.9 Å². The zero-order valence-corrected chi connectivity index (χ0v) is 20.7. The lowest BCUT2D eigenvalue weighted by molar-refractivity contribution is -0.140. The lowest BCUT2D eigenvalue weighted by atomic mass is 9.93. The first-order valence-corrected chi connectivity index (χ1v) is 12.3. The fraction of sp³-hybridized carbons (Fsp3) is 0.538. The molecule has 0 saturated carbocycles. The number of likely N-dealkylation sites (tertiary alicyclic amines) is 1. The molecular formula is C26H35N5O4. The predicted octanol–water partition coefficient (Wildman–Crippen LogP) is 2.51. The van der Waals surface area contributed by atoms with E-state index in [0.717, 1.165) is 42.5 Å². The number of fused-ring (bicyclic) bond motifs is 1. The van der Waals surface area contributed by atoms with Gasteiger partial charge in [0.1, 0.15) is 17.7 Å². The van der Waals surface area contributed by atoms with E-state index in [1.165, 1.54) is 0 Å². The largest absolute Gasteiger partial charge is 0.444 e. The minimum Gasteiger partial charge on any atom is -0.444 e. The Balaban J connectivity index is 1.44. The molecule has 1 aromatic carbocycles. The van der Waals surface area contributed by atoms with Crippen molar-refractivity contribution in [3.63, 3.8) is 0 Å². The molecule has 1 aliphatic heterocycles. The van der Waals surface area contributed by atoms with Gasteiger partial charge in [-0.15, -0.1) is 0 Å². The molecule has 35 heavy (non-hydrogen) atoms. The van der Waals surface area contributed by atoms with E-state index in [1.807, 2.05) is 36.5 Å². The monoisotopic (exact) mass is 481 g/mol. The number of aromatic amines is 1. The Labute approximate surface area is 206 Å². The van der Waals surface area contributed by atoms with E-state index >= 15 is 0 Å². The molecule has 0 radical (unpaired) electrons. The zero-order chi connectivity index (χ0) is 25.0. The average Bonchev–Trinajstić information content (AvgIpc) is 3.47. The Hall–Kier alpha value is -3.36. The number of ether oxygens (including phenoxy) is 1. The molecule has 0 spiro atoms. The van der Waals surface area contributed by atoms with Crippen LogP contribution in [0.25, 0.3) is 0 Å². The Bertz CT molecular complexity index is 1050. The number of H-pyrrole nitrogens is 1. The molecule has 9 nitrogen and oxygen atoms in total. The molecule has 1 unspecified atom stereocenters. The van der Waals surface area contributed by atoms with Crippen LogP contribution in [0.2, 0.25) is 0 Å². The first kappa shape index (κ1) is 24.8. The normalized spacial score (nSPS) is 20.6. The van der Waals surface area contributed by atoms with Gasteiger partial charge in [0.2, 0.25) is 11.8 Å². The molecule has 4 rings (SSSR count). The number of aryl methyl sites for hydroxylation is 1. The summed E-state index contributed by atoms with van der Waals surface area (Å²) in [5.41, 5.74) is 2.49. The van der Waals surface area contributed by atoms with E-state index in [1.54, 1.807) is 25.7 Å². The van der Waals surface area contributed by atoms with Crippen molar-refractivity contribution in [3.05, 3.63) is 53.3 Å². The van der Waals surface area contributed by atoms with Crippen LogP contribution >= 0.6 is 0 Å². The summed E-state index contributed by atoms with van der Waals surface area (Å²) in [6.07, 6.45) is 5.23. The number of carbonyl (C=O) groups is 3. The Morgan fingerprint density at radius 1 is 1.20 bits per heavy atom. The van der Waals surface area contributed by atoms with Crippen LogP contribution in [0.1, 0.15) is 56.9 Å². The van der Waals surface area contributed by atoms with Crippen molar-refractivity contribution in [2.45, 2.75) is 83.0 Å². The fourth-order valence-electron chi connectivity index (χ4n) is 4.84. The quantitative estimate of drug-likeness (QED) is 0.586. The smallest absolute Gasteiger partial charge is 0.408 e. The van der Waals surface area contributed by atoms with Gasteiger partial charge in [-0.1, -0.05) is 30.3 Å². The summed E-state index contributed by atoms with van der Waals surface area (Å²) in [5, 5.41) is 13.0. The van der Waals surface area contributed by atoms with Crippen molar-refractivity contribution in [1.29, 1.82) is 0 Å². The van der Waals surface area contributed by atoms with Crippen molar-refractivity contribution >= 4 is 17.9 Å². The number of benzene rings is 1. The van der Waals surface area contributed by atoms with E-state index in [4.69, 9.17) is 4.74 Å². The van der Waals surface area contributed by atoms with Gasteiger partial charge in [0.25, 0.3) is 0 Å². The summed E-state index contributed by atoms with van der Waals surface area (Å²) in [6.45, 7) is 5.81. The molecule has 3 atom stereocenters. The Kier molecular flexibility index (Phi) is 7.42. The van der Waals surface area contributed by atoms with Crippen LogP contribution in [0.15, 0.2) is 36.5 Å². The van der Waals surface area contributed by atoms with Crippen LogP contribution in [0.3, 0.4) is 0 Å². The van der Waals surface area contributed by atoms with Gasteiger partial charge < -0.3 is 20.3 Å². The number of nitrogens with zero attached hydrogens (tertiary/aromatic N) is 2. The third-order valence-electron chi connectivity index (χ3n) is 6.47. The van der Waals surface area contributed by atoms with Crippen molar-refractivity contribution in [2.75, 3.05) is 6.54 Å². The lowest BCUT2D eigenvalue weighted by Crippen LogP contribution is -2.55. The second-order valence-electron chi connectivity index (χ2n) is 10.4. The third-order valence-corrected chi connectivity index (χ3v) is 6.47. The lowest BCUT2D eigenvalue weighted by Gasteiger charge is -2.31. The molecule has 2 heterocycles. The number of hydrogen-bond donors (Lipinski definition) is 3. The van der Waals surface area contributed by atoms with Crippen LogP contribution in [0, 0.1) is 0 Å². The summed E-state index contributed by atoms with van der Waals surface area (Å²) < 4.78 is 5.41. The van der Waals surface area contributed by atoms with Crippen molar-refractivity contribution in [3.8, 4) is 0 Å². The molecule has 3 N–H and O–H groups in total. The minimum atomic E-state index is -0.830. The van der Waals surface area contributed by atoms with Crippen LogP contribution < -0.4 is 10.6 Å². The highest BCUT2D eigenvalue weighted by Gasteiger charge is 2.39. The molecule has 1 aromatic heterocycles. The molecule has 3 amide bonds. The molecular weight excluding hydrogens is 446 g/mol. The second kappa shape index (κ2) is 10.5. The van der Waals surface area contributed by atoms with Crippen LogP contribution in [0.5, 0.6) is 0 Å². The highest BCUT2D eigenvalue weighted by atomic mass is 16.6. The Morgan fingerprint density at radius 3 is 2.71 bits per heavy atom. The SMILES string of the molecule is CC(C)(C)OC(=O)N[C@H](Cc1ccccc1)C(=O)N1CCC[C@H]1C(=O)NC1CCc2[nH]ncc2C1. The number of nitrogens with one attached hydrogen (secondary N) is 3. The third kappa shape index (κ3) is 6.41. The van der Waals surface area contributed by atoms with Gasteiger partial charge in [0.15, 0.2) is 0 Å². The highest BCUT2D eigenvalue weighted by Crippen LogP contribution is 2.23. The number of carbonyl (C=O) groups excluding carboxylic acids is 3. The number of hydrogen-bond acceptors (Lipinski definition) is 5. The van der Waals surface area contributed by atoms with Crippen molar-refractivity contribution in [1.82, 2.24) is 25.7 Å². The molecule has 1 fully saturated rings. The van der Waals surface area contributed by atoms with E-state index in [9.17, 15) is 14.4 Å². The molecule has 1 saturated heterocycles. The summed E-state index contributed by atoms with van der Waals surface area (Å²) in [5.74, 6) is -0.401. The Morgan fingerprint density at radius 2 is 1.97 bits per heavy atom. The molecule has 1 aliphatic carbocycles. The number of aromatic nitrogens is 2. The van der Waals surface area contributed by atoms with Gasteiger partial charge in [0, 0.05) is 24.7 Å². The summed E-state index contributed by atoms with van der Waals surface area (Å²) in [6, 6.07) is 8.16. The van der Waals surface area contributed by atoms with Crippen molar-refractivity contribution < 1.29 is 19.1 Å². The maximum absolute atomic E-state index is 13.7. The predicted molar refractivity (Wildman–Crippen MR) is 131 cm³/mol. The summed E-state index contributed by atoms with van der Waals surface area (Å²) >= 11 is 0. The first-order valence-electron chi connectivity index (χ1n) is 12.3. The molecule has 0 bridgehead atoms. The van der Waals surface area contributed by atoms with Crippen molar-refractivity contribution in [2.24, 2.45) is 0 Å². The van der Waals surface area contributed by atoms with E-state index < -0.39 is 23.8 Å². The average molecular weight is 482 g/mol. The maximum atomic E-state index is 13.7. The zero-order valence-electron chi connectivity index (χ0n) is 20.7. The molecule has 9 heteroatoms. The number of amides is 3. The topological polar surface area (TPSA) is 116 Å². The summed E-state index contributed by atoms with van der Waals surface area (Å²) in [4.78, 5) is 41.0. The van der Waals surface area contributed by atoms with Gasteiger partial charge in [-0.05, 0) is 64.0 Å². The minimum absolute atomic E-state index is 0.0187. The molecule has 2 aromatic rings. The molecule has 188 valence electrons. The van der Waals surface area contributed by atoms with Gasteiger partial charge in [0.05, 0.1) is 6.20 Å². The van der Waals surface area contributed by atoms with Gasteiger partial charge in [-0.2, -0.15) is 5.10 Å². The fourth-order valence-corrected chi connectivity index (χ4v) is 4.84. The van der Waals surface area contributed by atoms with E-state index in [2.05, 4.69) is 20.8 Å². The van der Waals surface area contributed by atoms with Crippen LogP contribution in [-0.4, -0.2) is 63.3 Å². The van der Waals surface area contributed by atoms with Crippen LogP contribution in [0.4, 0.5) is 4.79 Å². The van der Waals surface area contributed by atoms with E-state index in [0.29, 0.717) is 19.4 Å². The number of rotatable bonds is 6. The van der Waals surface area contributed by atoms with Gasteiger partial charge in [-0.3, -0.25) is 14.7 Å². The second-order valence-corrected chi connectivity index (χ2v) is 10.4.